The highest BCUT2D eigenvalue weighted by atomic mass is 16.7. The first-order valence-corrected chi connectivity index (χ1v) is 16.5. The Kier molecular flexibility index (Phi) is 9.14. The molecule has 0 radical (unpaired) electrons. The average molecular weight is 535 g/mol. The minimum atomic E-state index is -0.547. The van der Waals surface area contributed by atoms with Crippen molar-refractivity contribution in [1.29, 1.82) is 0 Å². The number of carbonyl (C=O) groups is 1. The third kappa shape index (κ3) is 5.84. The van der Waals surface area contributed by atoms with Crippen LogP contribution < -0.4 is 4.74 Å². The molecule has 4 aliphatic rings. The van der Waals surface area contributed by atoms with Gasteiger partial charge in [0.1, 0.15) is 11.9 Å². The largest absolute Gasteiger partial charge is 0.514 e. The molecule has 0 aromatic heterocycles. The van der Waals surface area contributed by atoms with Crippen molar-refractivity contribution in [1.82, 2.24) is 0 Å². The Balaban J connectivity index is 1.18. The quantitative estimate of drug-likeness (QED) is 0.130. The second-order valence-electron chi connectivity index (χ2n) is 13.9. The van der Waals surface area contributed by atoms with Gasteiger partial charge in [-0.05, 0) is 104 Å². The zero-order chi connectivity index (χ0) is 27.5. The highest BCUT2D eigenvalue weighted by Gasteiger charge is 2.58. The molecule has 0 bridgehead atoms. The first-order chi connectivity index (χ1) is 18.9. The number of fused-ring (bicyclic) bond motifs is 5. The molecule has 0 N–H and O–H groups in total. The van der Waals surface area contributed by atoms with E-state index < -0.39 is 6.16 Å². The third-order valence-corrected chi connectivity index (χ3v) is 12.0. The topological polar surface area (TPSA) is 35.5 Å². The fourth-order valence-corrected chi connectivity index (χ4v) is 9.63. The standard InChI is InChI=1S/C36H54O3/c1-5-7-8-9-10-11-15-27-18-20-31-30-19-17-28-25-29(21-23-36(28,4)32(30)22-24-35(27,31)3)38-34(37)39-33-16-13-12-14-26(33)6-2/h12-14,16-17,27,29-32H,5-11,15,18-25H2,1-4H3/t27-,29+,30+,31-,32-,35-,36+/m1/s1. The minimum absolute atomic E-state index is 0.0655. The van der Waals surface area contributed by atoms with Gasteiger partial charge in [-0.25, -0.2) is 4.79 Å². The van der Waals surface area contributed by atoms with Crippen LogP contribution in [0.25, 0.3) is 0 Å². The lowest BCUT2D eigenvalue weighted by atomic mass is 9.47. The van der Waals surface area contributed by atoms with Crippen LogP contribution in [-0.2, 0) is 11.2 Å². The SMILES string of the molecule is CCCCCCCC[C@@H]1CC[C@@H]2[C@@H]3CC=C4C[C@@H](OC(=O)Oc5ccccc5CC)CC[C@]4(C)[C@@H]3CC[C@]12C. The third-order valence-electron chi connectivity index (χ3n) is 12.0. The van der Waals surface area contributed by atoms with Gasteiger partial charge in [0.05, 0.1) is 0 Å². The van der Waals surface area contributed by atoms with Crippen LogP contribution >= 0.6 is 0 Å². The van der Waals surface area contributed by atoms with E-state index in [-0.39, 0.29) is 11.5 Å². The molecule has 3 saturated carbocycles. The summed E-state index contributed by atoms with van der Waals surface area (Å²) in [5, 5.41) is 0. The van der Waals surface area contributed by atoms with Gasteiger partial charge in [0.15, 0.2) is 0 Å². The summed E-state index contributed by atoms with van der Waals surface area (Å²) in [4.78, 5) is 12.7. The lowest BCUT2D eigenvalue weighted by Crippen LogP contribution is -2.50. The van der Waals surface area contributed by atoms with Crippen LogP contribution in [0.15, 0.2) is 35.9 Å². The maximum absolute atomic E-state index is 12.7. The van der Waals surface area contributed by atoms with Crippen molar-refractivity contribution in [3.63, 3.8) is 0 Å². The number of hydrogen-bond acceptors (Lipinski definition) is 3. The summed E-state index contributed by atoms with van der Waals surface area (Å²) < 4.78 is 11.5. The first-order valence-electron chi connectivity index (χ1n) is 16.5. The van der Waals surface area contributed by atoms with Crippen LogP contribution in [-0.4, -0.2) is 12.3 Å². The molecule has 0 saturated heterocycles. The van der Waals surface area contributed by atoms with E-state index in [1.807, 2.05) is 24.3 Å². The summed E-state index contributed by atoms with van der Waals surface area (Å²) in [6, 6.07) is 7.76. The highest BCUT2D eigenvalue weighted by Crippen LogP contribution is 2.66. The molecule has 0 amide bonds. The Labute approximate surface area is 238 Å². The molecule has 1 aromatic rings. The van der Waals surface area contributed by atoms with Gasteiger partial charge in [0, 0.05) is 6.42 Å². The maximum Gasteiger partial charge on any atom is 0.514 e. The summed E-state index contributed by atoms with van der Waals surface area (Å²) in [6.45, 7) is 9.61. The number of para-hydroxylation sites is 1. The molecule has 1 aromatic carbocycles. The van der Waals surface area contributed by atoms with Crippen LogP contribution in [0, 0.1) is 34.5 Å². The smallest absolute Gasteiger partial charge is 0.430 e. The van der Waals surface area contributed by atoms with Crippen molar-refractivity contribution >= 4 is 6.16 Å². The number of benzene rings is 1. The van der Waals surface area contributed by atoms with Crippen molar-refractivity contribution in [2.75, 3.05) is 0 Å². The number of unbranched alkanes of at least 4 members (excludes halogenated alkanes) is 5. The number of rotatable bonds is 10. The van der Waals surface area contributed by atoms with Crippen LogP contribution in [0.2, 0.25) is 0 Å². The van der Waals surface area contributed by atoms with E-state index in [4.69, 9.17) is 9.47 Å². The van der Waals surface area contributed by atoms with Crippen molar-refractivity contribution < 1.29 is 14.3 Å². The molecule has 3 heteroatoms. The number of carbonyl (C=O) groups excluding carboxylic acids is 1. The van der Waals surface area contributed by atoms with E-state index in [2.05, 4.69) is 33.8 Å². The Morgan fingerprint density at radius 1 is 0.923 bits per heavy atom. The summed E-state index contributed by atoms with van der Waals surface area (Å²) in [7, 11) is 0. The van der Waals surface area contributed by atoms with Crippen molar-refractivity contribution in [3.8, 4) is 5.75 Å². The molecular formula is C36H54O3. The average Bonchev–Trinajstić information content (AvgIpc) is 3.27. The van der Waals surface area contributed by atoms with Crippen molar-refractivity contribution in [2.24, 2.45) is 34.5 Å². The van der Waals surface area contributed by atoms with Crippen molar-refractivity contribution in [2.45, 2.75) is 137 Å². The van der Waals surface area contributed by atoms with E-state index in [0.717, 1.165) is 54.9 Å². The zero-order valence-electron chi connectivity index (χ0n) is 25.3. The minimum Gasteiger partial charge on any atom is -0.430 e. The molecule has 0 heterocycles. The molecule has 7 atom stereocenters. The lowest BCUT2D eigenvalue weighted by molar-refractivity contribution is -0.0538. The number of allylic oxidation sites excluding steroid dienone is 1. The monoisotopic (exact) mass is 534 g/mol. The molecule has 39 heavy (non-hydrogen) atoms. The van der Waals surface area contributed by atoms with Crippen LogP contribution in [0.3, 0.4) is 0 Å². The molecule has 216 valence electrons. The Morgan fingerprint density at radius 2 is 1.72 bits per heavy atom. The normalized spacial score (nSPS) is 35.4. The summed E-state index contributed by atoms with van der Waals surface area (Å²) in [5.74, 6) is 4.12. The van der Waals surface area contributed by atoms with E-state index >= 15 is 0 Å². The highest BCUT2D eigenvalue weighted by molar-refractivity contribution is 5.64. The summed E-state index contributed by atoms with van der Waals surface area (Å²) in [5.41, 5.74) is 3.44. The predicted octanol–water partition coefficient (Wildman–Crippen LogP) is 10.5. The van der Waals surface area contributed by atoms with Gasteiger partial charge in [-0.15, -0.1) is 0 Å². The van der Waals surface area contributed by atoms with Gasteiger partial charge in [-0.3, -0.25) is 0 Å². The maximum atomic E-state index is 12.7. The van der Waals surface area contributed by atoms with Gasteiger partial charge in [0.25, 0.3) is 0 Å². The second kappa shape index (κ2) is 12.4. The van der Waals surface area contributed by atoms with Gasteiger partial charge >= 0.3 is 6.16 Å². The number of hydrogen-bond donors (Lipinski definition) is 0. The number of ether oxygens (including phenoxy) is 2. The fourth-order valence-electron chi connectivity index (χ4n) is 9.63. The summed E-state index contributed by atoms with van der Waals surface area (Å²) >= 11 is 0. The lowest BCUT2D eigenvalue weighted by Gasteiger charge is -2.58. The van der Waals surface area contributed by atoms with E-state index in [9.17, 15) is 4.79 Å². The molecule has 3 nitrogen and oxygen atoms in total. The van der Waals surface area contributed by atoms with Gasteiger partial charge in [0.2, 0.25) is 0 Å². The Hall–Kier alpha value is -1.77. The molecule has 0 spiro atoms. The van der Waals surface area contributed by atoms with Crippen LogP contribution in [0.1, 0.15) is 130 Å². The molecule has 3 fully saturated rings. The molecule has 0 aliphatic heterocycles. The molecule has 0 unspecified atom stereocenters. The van der Waals surface area contributed by atoms with Crippen molar-refractivity contribution in [3.05, 3.63) is 41.5 Å². The van der Waals surface area contributed by atoms with Gasteiger partial charge < -0.3 is 9.47 Å². The molecular weight excluding hydrogens is 480 g/mol. The number of aryl methyl sites for hydroxylation is 1. The molecule has 5 rings (SSSR count). The summed E-state index contributed by atoms with van der Waals surface area (Å²) in [6.07, 6.45) is 22.7. The predicted molar refractivity (Wildman–Crippen MR) is 160 cm³/mol. The second-order valence-corrected chi connectivity index (χ2v) is 13.9. The van der Waals surface area contributed by atoms with Gasteiger partial charge in [-0.2, -0.15) is 0 Å². The van der Waals surface area contributed by atoms with E-state index in [0.29, 0.717) is 11.2 Å². The fraction of sp³-hybridized carbons (Fsp3) is 0.750. The zero-order valence-corrected chi connectivity index (χ0v) is 25.3. The van der Waals surface area contributed by atoms with Crippen LogP contribution in [0.5, 0.6) is 5.75 Å². The van der Waals surface area contributed by atoms with Gasteiger partial charge in [-0.1, -0.05) is 96.1 Å². The van der Waals surface area contributed by atoms with E-state index in [1.165, 1.54) is 77.0 Å². The Morgan fingerprint density at radius 3 is 2.54 bits per heavy atom. The molecule has 4 aliphatic carbocycles. The van der Waals surface area contributed by atoms with Crippen LogP contribution in [0.4, 0.5) is 4.79 Å². The Bertz CT molecular complexity index is 1010. The van der Waals surface area contributed by atoms with E-state index in [1.54, 1.807) is 5.57 Å². The first kappa shape index (κ1) is 28.7.